The van der Waals surface area contributed by atoms with Crippen LogP contribution in [0.25, 0.3) is 0 Å². The molecule has 5 heteroatoms. The molecular formula is C13H18N2O2S. The second kappa shape index (κ2) is 6.09. The Bertz CT molecular complexity index is 425. The number of aromatic nitrogens is 1. The van der Waals surface area contributed by atoms with Crippen LogP contribution in [0, 0.1) is 0 Å². The molecule has 1 aliphatic rings. The average Bonchev–Trinajstić information content (AvgIpc) is 2.77. The van der Waals surface area contributed by atoms with E-state index in [-0.39, 0.29) is 5.69 Å². The van der Waals surface area contributed by atoms with Crippen molar-refractivity contribution in [3.05, 3.63) is 24.0 Å². The second-order valence-corrected chi connectivity index (χ2v) is 6.01. The molecule has 98 valence electrons. The Labute approximate surface area is 111 Å². The molecule has 1 heterocycles. The highest BCUT2D eigenvalue weighted by atomic mass is 32.2. The van der Waals surface area contributed by atoms with Gasteiger partial charge in [-0.05, 0) is 37.1 Å². The lowest BCUT2D eigenvalue weighted by Gasteiger charge is -2.15. The lowest BCUT2D eigenvalue weighted by molar-refractivity contribution is 0.0691. The smallest absolute Gasteiger partial charge is 0.356 e. The molecule has 1 aromatic rings. The van der Waals surface area contributed by atoms with Gasteiger partial charge in [0.05, 0.1) is 5.69 Å². The third kappa shape index (κ3) is 3.16. The fourth-order valence-electron chi connectivity index (χ4n) is 2.37. The SMILES string of the molecule is CCSC1CCC(Nc2cccnc2C(=O)O)C1. The maximum absolute atomic E-state index is 11.1. The number of rotatable bonds is 5. The minimum absolute atomic E-state index is 0.115. The van der Waals surface area contributed by atoms with Crippen LogP contribution in [-0.2, 0) is 0 Å². The zero-order chi connectivity index (χ0) is 13.0. The zero-order valence-electron chi connectivity index (χ0n) is 10.4. The third-order valence-electron chi connectivity index (χ3n) is 3.16. The Balaban J connectivity index is 2.00. The van der Waals surface area contributed by atoms with Crippen molar-refractivity contribution in [2.75, 3.05) is 11.1 Å². The van der Waals surface area contributed by atoms with Gasteiger partial charge in [0.2, 0.25) is 0 Å². The summed E-state index contributed by atoms with van der Waals surface area (Å²) < 4.78 is 0. The van der Waals surface area contributed by atoms with Gasteiger partial charge < -0.3 is 10.4 Å². The van der Waals surface area contributed by atoms with Crippen LogP contribution in [0.3, 0.4) is 0 Å². The maximum Gasteiger partial charge on any atom is 0.356 e. The van der Waals surface area contributed by atoms with Crippen LogP contribution >= 0.6 is 11.8 Å². The van der Waals surface area contributed by atoms with Crippen molar-refractivity contribution in [1.82, 2.24) is 4.98 Å². The number of anilines is 1. The van der Waals surface area contributed by atoms with Crippen molar-refractivity contribution in [3.63, 3.8) is 0 Å². The number of hydrogen-bond acceptors (Lipinski definition) is 4. The zero-order valence-corrected chi connectivity index (χ0v) is 11.2. The van der Waals surface area contributed by atoms with Gasteiger partial charge in [0.15, 0.2) is 5.69 Å². The van der Waals surface area contributed by atoms with E-state index in [1.807, 2.05) is 11.8 Å². The summed E-state index contributed by atoms with van der Waals surface area (Å²) in [6, 6.07) is 3.93. The Kier molecular flexibility index (Phi) is 4.47. The highest BCUT2D eigenvalue weighted by Crippen LogP contribution is 2.31. The van der Waals surface area contributed by atoms with E-state index in [4.69, 9.17) is 5.11 Å². The number of nitrogens with zero attached hydrogens (tertiary/aromatic N) is 1. The van der Waals surface area contributed by atoms with E-state index in [0.29, 0.717) is 17.0 Å². The van der Waals surface area contributed by atoms with Crippen LogP contribution in [0.15, 0.2) is 18.3 Å². The Hall–Kier alpha value is -1.23. The van der Waals surface area contributed by atoms with Crippen molar-refractivity contribution < 1.29 is 9.90 Å². The summed E-state index contributed by atoms with van der Waals surface area (Å²) in [4.78, 5) is 15.0. The molecule has 0 aromatic carbocycles. The highest BCUT2D eigenvalue weighted by molar-refractivity contribution is 7.99. The molecule has 4 nitrogen and oxygen atoms in total. The number of carboxylic acid groups (broad SMARTS) is 1. The summed E-state index contributed by atoms with van der Waals surface area (Å²) in [5, 5.41) is 13.1. The molecule has 18 heavy (non-hydrogen) atoms. The molecule has 0 amide bonds. The molecule has 2 unspecified atom stereocenters. The first-order valence-corrected chi connectivity index (χ1v) is 7.32. The maximum atomic E-state index is 11.1. The molecule has 1 fully saturated rings. The van der Waals surface area contributed by atoms with Gasteiger partial charge in [0.1, 0.15) is 0 Å². The second-order valence-electron chi connectivity index (χ2n) is 4.44. The van der Waals surface area contributed by atoms with E-state index in [0.717, 1.165) is 18.6 Å². The van der Waals surface area contributed by atoms with Crippen LogP contribution in [0.4, 0.5) is 5.69 Å². The van der Waals surface area contributed by atoms with Gasteiger partial charge in [0.25, 0.3) is 0 Å². The number of hydrogen-bond donors (Lipinski definition) is 2. The first-order chi connectivity index (χ1) is 8.70. The molecule has 2 N–H and O–H groups in total. The molecule has 0 radical (unpaired) electrons. The predicted molar refractivity (Wildman–Crippen MR) is 74.4 cm³/mol. The fourth-order valence-corrected chi connectivity index (χ4v) is 3.51. The Morgan fingerprint density at radius 2 is 2.44 bits per heavy atom. The summed E-state index contributed by atoms with van der Waals surface area (Å²) in [6.07, 6.45) is 4.93. The van der Waals surface area contributed by atoms with Gasteiger partial charge in [0, 0.05) is 17.5 Å². The van der Waals surface area contributed by atoms with Crippen LogP contribution in [0.5, 0.6) is 0 Å². The van der Waals surface area contributed by atoms with Gasteiger partial charge in [-0.2, -0.15) is 11.8 Å². The third-order valence-corrected chi connectivity index (χ3v) is 4.39. The molecular weight excluding hydrogens is 248 g/mol. The van der Waals surface area contributed by atoms with Gasteiger partial charge in [-0.3, -0.25) is 0 Å². The van der Waals surface area contributed by atoms with E-state index in [2.05, 4.69) is 17.2 Å². The highest BCUT2D eigenvalue weighted by Gasteiger charge is 2.25. The summed E-state index contributed by atoms with van der Waals surface area (Å²) >= 11 is 1.99. The largest absolute Gasteiger partial charge is 0.476 e. The summed E-state index contributed by atoms with van der Waals surface area (Å²) in [5.41, 5.74) is 0.751. The molecule has 2 atom stereocenters. The normalized spacial score (nSPS) is 22.9. The number of carboxylic acids is 1. The predicted octanol–water partition coefficient (Wildman–Crippen LogP) is 2.87. The van der Waals surface area contributed by atoms with Crippen LogP contribution in [-0.4, -0.2) is 33.1 Å². The molecule has 1 aromatic heterocycles. The Morgan fingerprint density at radius 1 is 1.61 bits per heavy atom. The molecule has 2 rings (SSSR count). The number of carbonyl (C=O) groups is 1. The standard InChI is InChI=1S/C13H18N2O2S/c1-2-18-10-6-5-9(8-10)15-11-4-3-7-14-12(11)13(16)17/h3-4,7,9-10,15H,2,5-6,8H2,1H3,(H,16,17). The number of pyridine rings is 1. The molecule has 0 saturated heterocycles. The molecule has 0 bridgehead atoms. The van der Waals surface area contributed by atoms with Gasteiger partial charge >= 0.3 is 5.97 Å². The van der Waals surface area contributed by atoms with Crippen LogP contribution < -0.4 is 5.32 Å². The molecule has 0 aliphatic heterocycles. The van der Waals surface area contributed by atoms with E-state index in [1.54, 1.807) is 12.1 Å². The summed E-state index contributed by atoms with van der Waals surface area (Å²) in [7, 11) is 0. The summed E-state index contributed by atoms with van der Waals surface area (Å²) in [5.74, 6) is 0.167. The number of thioether (sulfide) groups is 1. The van der Waals surface area contributed by atoms with Crippen LogP contribution in [0.2, 0.25) is 0 Å². The summed E-state index contributed by atoms with van der Waals surface area (Å²) in [6.45, 7) is 2.18. The van der Waals surface area contributed by atoms with Crippen molar-refractivity contribution >= 4 is 23.4 Å². The van der Waals surface area contributed by atoms with E-state index < -0.39 is 5.97 Å². The lowest BCUT2D eigenvalue weighted by Crippen LogP contribution is -2.18. The monoisotopic (exact) mass is 266 g/mol. The first kappa shape index (κ1) is 13.2. The topological polar surface area (TPSA) is 62.2 Å². The van der Waals surface area contributed by atoms with E-state index in [1.165, 1.54) is 12.6 Å². The van der Waals surface area contributed by atoms with Gasteiger partial charge in [-0.15, -0.1) is 0 Å². The lowest BCUT2D eigenvalue weighted by atomic mass is 10.2. The van der Waals surface area contributed by atoms with Gasteiger partial charge in [-0.1, -0.05) is 6.92 Å². The minimum Gasteiger partial charge on any atom is -0.476 e. The van der Waals surface area contributed by atoms with Gasteiger partial charge in [-0.25, -0.2) is 9.78 Å². The van der Waals surface area contributed by atoms with E-state index >= 15 is 0 Å². The number of nitrogens with one attached hydrogen (secondary N) is 1. The minimum atomic E-state index is -0.976. The first-order valence-electron chi connectivity index (χ1n) is 6.27. The molecule has 1 saturated carbocycles. The quantitative estimate of drug-likeness (QED) is 0.858. The Morgan fingerprint density at radius 3 is 3.17 bits per heavy atom. The fraction of sp³-hybridized carbons (Fsp3) is 0.538. The van der Waals surface area contributed by atoms with Crippen molar-refractivity contribution in [2.24, 2.45) is 0 Å². The van der Waals surface area contributed by atoms with E-state index in [9.17, 15) is 4.79 Å². The average molecular weight is 266 g/mol. The number of aromatic carboxylic acids is 1. The molecule has 0 spiro atoms. The molecule has 1 aliphatic carbocycles. The van der Waals surface area contributed by atoms with Crippen molar-refractivity contribution in [2.45, 2.75) is 37.5 Å². The van der Waals surface area contributed by atoms with Crippen molar-refractivity contribution in [1.29, 1.82) is 0 Å². The van der Waals surface area contributed by atoms with Crippen molar-refractivity contribution in [3.8, 4) is 0 Å². The van der Waals surface area contributed by atoms with Crippen LogP contribution in [0.1, 0.15) is 36.7 Å².